The van der Waals surface area contributed by atoms with Crippen molar-refractivity contribution in [2.75, 3.05) is 7.05 Å². The van der Waals surface area contributed by atoms with Gasteiger partial charge in [-0.3, -0.25) is 14.5 Å². The molecule has 4 rings (SSSR count). The molecule has 198 valence electrons. The molecule has 0 spiro atoms. The lowest BCUT2D eigenvalue weighted by molar-refractivity contribution is -0.142. The number of amides is 4. The first kappa shape index (κ1) is 27.1. The van der Waals surface area contributed by atoms with E-state index in [0.717, 1.165) is 11.1 Å². The Kier molecular flexibility index (Phi) is 8.00. The third kappa shape index (κ3) is 5.21. The van der Waals surface area contributed by atoms with Crippen molar-refractivity contribution in [1.29, 1.82) is 0 Å². The van der Waals surface area contributed by atoms with Crippen molar-refractivity contribution in [3.8, 4) is 0 Å². The average molecular weight is 512 g/mol. The standard InChI is InChI=1S/C32H37N3O3/c1-22(2)21-32(4,28(25-17-11-7-12-18-25)33-29(36)26-19-13-8-14-20-26)30(37)35-27(23(3)34(5)31(35)38)24-15-9-6-10-16-24/h6-20,22-23,27-28H,21H2,1-5H3,(H,33,36)/t23-,27-,28+,32+/m0/s1. The van der Waals surface area contributed by atoms with Gasteiger partial charge in [0.2, 0.25) is 5.91 Å². The number of likely N-dealkylation sites (N-methyl/N-ethyl adjacent to an activating group) is 1. The Morgan fingerprint density at radius 1 is 0.895 bits per heavy atom. The molecule has 1 fully saturated rings. The summed E-state index contributed by atoms with van der Waals surface area (Å²) in [4.78, 5) is 44.9. The summed E-state index contributed by atoms with van der Waals surface area (Å²) < 4.78 is 0. The molecule has 4 atom stereocenters. The van der Waals surface area contributed by atoms with Crippen LogP contribution in [-0.4, -0.2) is 40.7 Å². The fourth-order valence-corrected chi connectivity index (χ4v) is 5.69. The number of nitrogens with zero attached hydrogens (tertiary/aromatic N) is 2. The summed E-state index contributed by atoms with van der Waals surface area (Å²) in [5, 5.41) is 3.18. The third-order valence-electron chi connectivity index (χ3n) is 7.62. The summed E-state index contributed by atoms with van der Waals surface area (Å²) in [7, 11) is 1.74. The lowest BCUT2D eigenvalue weighted by atomic mass is 9.71. The van der Waals surface area contributed by atoms with Gasteiger partial charge in [-0.2, -0.15) is 0 Å². The Morgan fingerprint density at radius 2 is 1.42 bits per heavy atom. The van der Waals surface area contributed by atoms with Gasteiger partial charge in [0, 0.05) is 12.6 Å². The topological polar surface area (TPSA) is 69.7 Å². The lowest BCUT2D eigenvalue weighted by Gasteiger charge is -2.41. The molecule has 1 heterocycles. The number of carbonyl (C=O) groups excluding carboxylic acids is 3. The molecule has 1 aliphatic heterocycles. The predicted octanol–water partition coefficient (Wildman–Crippen LogP) is 6.23. The van der Waals surface area contributed by atoms with Gasteiger partial charge in [0.05, 0.1) is 23.5 Å². The first-order chi connectivity index (χ1) is 18.1. The SMILES string of the molecule is CC(C)C[C@@](C)(C(=O)N1C(=O)N(C)[C@@H](C)[C@H]1c1ccccc1)[C@H](NC(=O)c1ccccc1)c1ccccc1. The van der Waals surface area contributed by atoms with Crippen LogP contribution in [0.25, 0.3) is 0 Å². The van der Waals surface area contributed by atoms with E-state index >= 15 is 0 Å². The van der Waals surface area contributed by atoms with E-state index in [4.69, 9.17) is 0 Å². The fourth-order valence-electron chi connectivity index (χ4n) is 5.69. The van der Waals surface area contributed by atoms with Crippen molar-refractivity contribution in [3.63, 3.8) is 0 Å². The molecule has 3 aromatic rings. The van der Waals surface area contributed by atoms with Crippen molar-refractivity contribution in [2.24, 2.45) is 11.3 Å². The Balaban J connectivity index is 1.82. The molecule has 38 heavy (non-hydrogen) atoms. The van der Waals surface area contributed by atoms with E-state index in [1.54, 1.807) is 24.1 Å². The van der Waals surface area contributed by atoms with Gasteiger partial charge in [0.25, 0.3) is 5.91 Å². The molecule has 4 amide bonds. The second-order valence-electron chi connectivity index (χ2n) is 10.9. The van der Waals surface area contributed by atoms with Crippen LogP contribution in [0.5, 0.6) is 0 Å². The van der Waals surface area contributed by atoms with E-state index in [9.17, 15) is 14.4 Å². The highest BCUT2D eigenvalue weighted by Crippen LogP contribution is 2.45. The van der Waals surface area contributed by atoms with Crippen LogP contribution >= 0.6 is 0 Å². The molecule has 6 nitrogen and oxygen atoms in total. The summed E-state index contributed by atoms with van der Waals surface area (Å²) in [6.07, 6.45) is 0.476. The Morgan fingerprint density at radius 3 is 1.97 bits per heavy atom. The van der Waals surface area contributed by atoms with E-state index < -0.39 is 17.5 Å². The quantitative estimate of drug-likeness (QED) is 0.390. The highest BCUT2D eigenvalue weighted by atomic mass is 16.2. The van der Waals surface area contributed by atoms with Gasteiger partial charge in [-0.15, -0.1) is 0 Å². The molecular formula is C32H37N3O3. The van der Waals surface area contributed by atoms with Gasteiger partial charge >= 0.3 is 6.03 Å². The average Bonchev–Trinajstić information content (AvgIpc) is 3.15. The van der Waals surface area contributed by atoms with Crippen LogP contribution in [0, 0.1) is 11.3 Å². The number of rotatable bonds is 8. The van der Waals surface area contributed by atoms with Crippen molar-refractivity contribution in [2.45, 2.75) is 52.2 Å². The van der Waals surface area contributed by atoms with Crippen molar-refractivity contribution < 1.29 is 14.4 Å². The minimum Gasteiger partial charge on any atom is -0.344 e. The number of benzene rings is 3. The van der Waals surface area contributed by atoms with Crippen LogP contribution < -0.4 is 5.32 Å². The molecule has 0 aromatic heterocycles. The van der Waals surface area contributed by atoms with Crippen LogP contribution in [0.2, 0.25) is 0 Å². The number of imide groups is 1. The van der Waals surface area contributed by atoms with Crippen LogP contribution in [0.15, 0.2) is 91.0 Å². The maximum absolute atomic E-state index is 14.7. The number of carbonyl (C=O) groups is 3. The summed E-state index contributed by atoms with van der Waals surface area (Å²) in [6, 6.07) is 26.6. The van der Waals surface area contributed by atoms with Crippen LogP contribution in [0.4, 0.5) is 4.79 Å². The van der Waals surface area contributed by atoms with E-state index in [0.29, 0.717) is 12.0 Å². The van der Waals surface area contributed by atoms with E-state index in [1.165, 1.54) is 4.90 Å². The molecule has 1 saturated heterocycles. The molecule has 1 aliphatic rings. The minimum absolute atomic E-state index is 0.131. The van der Waals surface area contributed by atoms with Gasteiger partial charge < -0.3 is 10.2 Å². The maximum Gasteiger partial charge on any atom is 0.327 e. The van der Waals surface area contributed by atoms with Gasteiger partial charge in [-0.05, 0) is 49.4 Å². The van der Waals surface area contributed by atoms with Crippen LogP contribution in [-0.2, 0) is 4.79 Å². The molecule has 1 N–H and O–H groups in total. The molecule has 0 radical (unpaired) electrons. The Hall–Kier alpha value is -3.93. The second kappa shape index (κ2) is 11.2. The minimum atomic E-state index is -1.10. The highest BCUT2D eigenvalue weighted by Gasteiger charge is 2.53. The third-order valence-corrected chi connectivity index (χ3v) is 7.62. The zero-order valence-electron chi connectivity index (χ0n) is 22.8. The normalized spacial score (nSPS) is 19.8. The first-order valence-corrected chi connectivity index (χ1v) is 13.2. The zero-order chi connectivity index (χ0) is 27.4. The molecule has 0 saturated carbocycles. The van der Waals surface area contributed by atoms with E-state index in [1.807, 2.05) is 92.7 Å². The largest absolute Gasteiger partial charge is 0.344 e. The van der Waals surface area contributed by atoms with E-state index in [2.05, 4.69) is 19.2 Å². The van der Waals surface area contributed by atoms with Crippen molar-refractivity contribution in [1.82, 2.24) is 15.1 Å². The van der Waals surface area contributed by atoms with Gasteiger partial charge in [0.1, 0.15) is 0 Å². The summed E-state index contributed by atoms with van der Waals surface area (Å²) in [5.41, 5.74) is 1.13. The maximum atomic E-state index is 14.7. The Labute approximate surface area is 225 Å². The van der Waals surface area contributed by atoms with Crippen LogP contribution in [0.1, 0.15) is 67.7 Å². The molecule has 6 heteroatoms. The molecule has 0 bridgehead atoms. The molecule has 0 aliphatic carbocycles. The number of nitrogens with one attached hydrogen (secondary N) is 1. The van der Waals surface area contributed by atoms with Crippen LogP contribution in [0.3, 0.4) is 0 Å². The monoisotopic (exact) mass is 511 g/mol. The van der Waals surface area contributed by atoms with Crippen molar-refractivity contribution >= 4 is 17.8 Å². The van der Waals surface area contributed by atoms with Crippen molar-refractivity contribution in [3.05, 3.63) is 108 Å². The number of hydrogen-bond acceptors (Lipinski definition) is 3. The fraction of sp³-hybridized carbons (Fsp3) is 0.344. The molecule has 0 unspecified atom stereocenters. The lowest BCUT2D eigenvalue weighted by Crippen LogP contribution is -2.52. The van der Waals surface area contributed by atoms with Gasteiger partial charge in [-0.1, -0.05) is 92.7 Å². The predicted molar refractivity (Wildman–Crippen MR) is 149 cm³/mol. The Bertz CT molecular complexity index is 1260. The smallest absolute Gasteiger partial charge is 0.327 e. The number of hydrogen-bond donors (Lipinski definition) is 1. The van der Waals surface area contributed by atoms with Gasteiger partial charge in [-0.25, -0.2) is 4.79 Å². The van der Waals surface area contributed by atoms with E-state index in [-0.39, 0.29) is 29.8 Å². The first-order valence-electron chi connectivity index (χ1n) is 13.2. The number of urea groups is 1. The summed E-state index contributed by atoms with van der Waals surface area (Å²) in [5.74, 6) is -0.421. The van der Waals surface area contributed by atoms with Gasteiger partial charge in [0.15, 0.2) is 0 Å². The molecular weight excluding hydrogens is 474 g/mol. The zero-order valence-corrected chi connectivity index (χ0v) is 22.8. The second-order valence-corrected chi connectivity index (χ2v) is 10.9. The summed E-state index contributed by atoms with van der Waals surface area (Å²) >= 11 is 0. The highest BCUT2D eigenvalue weighted by molar-refractivity contribution is 6.01. The summed E-state index contributed by atoms with van der Waals surface area (Å²) in [6.45, 7) is 7.97. The molecule has 3 aromatic carbocycles.